The van der Waals surface area contributed by atoms with Gasteiger partial charge in [0.15, 0.2) is 0 Å². The molecule has 0 radical (unpaired) electrons. The van der Waals surface area contributed by atoms with Crippen LogP contribution in [0.25, 0.3) is 22.3 Å². The highest BCUT2D eigenvalue weighted by atomic mass is 15.1. The van der Waals surface area contributed by atoms with E-state index in [1.165, 1.54) is 106 Å². The van der Waals surface area contributed by atoms with Crippen LogP contribution in [0.3, 0.4) is 0 Å². The van der Waals surface area contributed by atoms with Crippen molar-refractivity contribution in [1.82, 2.24) is 0 Å². The van der Waals surface area contributed by atoms with Gasteiger partial charge in [-0.15, -0.1) is 0 Å². The third-order valence-electron chi connectivity index (χ3n) is 15.0. The molecule has 0 N–H and O–H groups in total. The number of fused-ring (bicyclic) bond motifs is 2. The van der Waals surface area contributed by atoms with Gasteiger partial charge in [-0.2, -0.15) is 0 Å². The van der Waals surface area contributed by atoms with Crippen LogP contribution in [-0.4, -0.2) is 6.71 Å². The SMILES string of the molecule is Cc1ccc(C(C)(C)C)cc1-c1ccc(C(C)(C)C)cc1.Cc1ccc(C(C)(C)C)cc1B1c2cc(C(C)(C)C)ccc2N(c2ccc(C(C)(C)C)cc2)c2cc(-c3ccc(C(C)(C)C)cc3)cc(C)c21. The number of hydrogen-bond acceptors (Lipinski definition) is 1. The summed E-state index contributed by atoms with van der Waals surface area (Å²) >= 11 is 0. The predicted molar refractivity (Wildman–Crippen MR) is 316 cm³/mol. The summed E-state index contributed by atoms with van der Waals surface area (Å²) in [6, 6.07) is 53.8. The quantitative estimate of drug-likeness (QED) is 0.159. The lowest BCUT2D eigenvalue weighted by Crippen LogP contribution is -2.59. The minimum atomic E-state index is 0.0272. The summed E-state index contributed by atoms with van der Waals surface area (Å²) in [7, 11) is 0. The van der Waals surface area contributed by atoms with Gasteiger partial charge in [-0.1, -0.05) is 256 Å². The van der Waals surface area contributed by atoms with Gasteiger partial charge in [0.05, 0.1) is 0 Å². The average molecular weight is 940 g/mol. The summed E-state index contributed by atoms with van der Waals surface area (Å²) in [6.45, 7) is 48.2. The first kappa shape index (κ1) is 53.2. The van der Waals surface area contributed by atoms with Crippen molar-refractivity contribution in [3.05, 3.63) is 190 Å². The zero-order valence-electron chi connectivity index (χ0n) is 47.8. The van der Waals surface area contributed by atoms with E-state index in [0.717, 1.165) is 0 Å². The van der Waals surface area contributed by atoms with Gasteiger partial charge in [0.25, 0.3) is 0 Å². The van der Waals surface area contributed by atoms with Gasteiger partial charge in [0.1, 0.15) is 0 Å². The molecule has 0 aromatic heterocycles. The molecule has 0 saturated carbocycles. The topological polar surface area (TPSA) is 3.24 Å². The molecule has 0 fully saturated rings. The van der Waals surface area contributed by atoms with Crippen molar-refractivity contribution in [1.29, 1.82) is 0 Å². The van der Waals surface area contributed by atoms with Crippen molar-refractivity contribution in [2.45, 2.75) is 178 Å². The van der Waals surface area contributed by atoms with Gasteiger partial charge in [-0.25, -0.2) is 0 Å². The summed E-state index contributed by atoms with van der Waals surface area (Å²) in [5, 5.41) is 0. The van der Waals surface area contributed by atoms with Gasteiger partial charge >= 0.3 is 0 Å². The summed E-state index contributed by atoms with van der Waals surface area (Å²) < 4.78 is 0. The highest BCUT2D eigenvalue weighted by Crippen LogP contribution is 2.42. The second-order valence-electron chi connectivity index (χ2n) is 27.1. The number of nitrogens with zero attached hydrogens (tertiary/aromatic N) is 1. The van der Waals surface area contributed by atoms with Crippen molar-refractivity contribution in [3.63, 3.8) is 0 Å². The van der Waals surface area contributed by atoms with Gasteiger partial charge in [-0.3, -0.25) is 0 Å². The molecule has 0 saturated heterocycles. The lowest BCUT2D eigenvalue weighted by molar-refractivity contribution is 0.589. The summed E-state index contributed by atoms with van der Waals surface area (Å²) in [5.74, 6) is 0. The van der Waals surface area contributed by atoms with E-state index in [0.29, 0.717) is 0 Å². The van der Waals surface area contributed by atoms with E-state index in [-0.39, 0.29) is 39.2 Å². The molecule has 2 heteroatoms. The maximum Gasteiger partial charge on any atom is 0.247 e. The summed E-state index contributed by atoms with van der Waals surface area (Å²) in [4.78, 5) is 2.54. The minimum absolute atomic E-state index is 0.0272. The molecule has 71 heavy (non-hydrogen) atoms. The Morgan fingerprint density at radius 3 is 1.14 bits per heavy atom. The van der Waals surface area contributed by atoms with Crippen LogP contribution in [0.4, 0.5) is 17.1 Å². The maximum absolute atomic E-state index is 2.54. The molecule has 1 aliphatic heterocycles. The van der Waals surface area contributed by atoms with Crippen molar-refractivity contribution < 1.29 is 0 Å². The van der Waals surface area contributed by atoms with E-state index in [4.69, 9.17) is 0 Å². The Kier molecular flexibility index (Phi) is 14.3. The molecule has 0 aliphatic carbocycles. The Bertz CT molecular complexity index is 3010. The fourth-order valence-corrected chi connectivity index (χ4v) is 10.1. The molecule has 8 rings (SSSR count). The summed E-state index contributed by atoms with van der Waals surface area (Å²) in [5.41, 5.74) is 26.0. The lowest BCUT2D eigenvalue weighted by Gasteiger charge is -2.40. The number of aryl methyl sites for hydroxylation is 3. The van der Waals surface area contributed by atoms with Gasteiger partial charge in [-0.05, 0) is 150 Å². The molecule has 0 amide bonds. The second kappa shape index (κ2) is 19.1. The van der Waals surface area contributed by atoms with E-state index in [9.17, 15) is 0 Å². The molecule has 7 aromatic carbocycles. The molecule has 0 atom stereocenters. The standard InChI is InChI=1S/C48H58BN.C21H28/c1-31-15-18-37(47(9,10)11)29-40(31)49-41-30-38(48(12,13)14)23-26-42(41)50(39-24-21-36(22-25-39)46(6,7)8)43-28-34(27-32(2)44(43)49)33-16-19-35(20-17-33)45(3,4)5;1-15-8-11-18(21(5,6)7)14-19(15)16-9-12-17(13-10-16)20(2,3)4/h15-30H,1-14H3;8-14H,1-7H3. The molecule has 0 bridgehead atoms. The molecule has 1 heterocycles. The normalized spacial score (nSPS) is 13.4. The largest absolute Gasteiger partial charge is 0.311 e. The zero-order chi connectivity index (χ0) is 52.4. The lowest BCUT2D eigenvalue weighted by atomic mass is 9.33. The smallest absolute Gasteiger partial charge is 0.247 e. The fraction of sp³-hybridized carbons (Fsp3) is 0.391. The minimum Gasteiger partial charge on any atom is -0.311 e. The van der Waals surface area contributed by atoms with Crippen molar-refractivity contribution in [3.8, 4) is 22.3 Å². The Labute approximate surface area is 432 Å². The van der Waals surface area contributed by atoms with Crippen LogP contribution >= 0.6 is 0 Å². The van der Waals surface area contributed by atoms with Crippen LogP contribution in [0.5, 0.6) is 0 Å². The summed E-state index contributed by atoms with van der Waals surface area (Å²) in [6.07, 6.45) is 0. The molecule has 1 nitrogen and oxygen atoms in total. The number of rotatable bonds is 4. The highest BCUT2D eigenvalue weighted by molar-refractivity contribution is 6.98. The van der Waals surface area contributed by atoms with Crippen LogP contribution in [0.2, 0.25) is 0 Å². The van der Waals surface area contributed by atoms with E-state index in [1.807, 2.05) is 0 Å². The van der Waals surface area contributed by atoms with Gasteiger partial charge in [0, 0.05) is 17.1 Å². The molecular formula is C69H86BN. The number of benzene rings is 7. The first-order chi connectivity index (χ1) is 32.7. The van der Waals surface area contributed by atoms with Crippen LogP contribution < -0.4 is 21.3 Å². The number of hydrogen-bond donors (Lipinski definition) is 0. The Balaban J connectivity index is 0.000000294. The fourth-order valence-electron chi connectivity index (χ4n) is 10.1. The molecule has 1 aliphatic rings. The first-order valence-corrected chi connectivity index (χ1v) is 26.4. The third kappa shape index (κ3) is 11.5. The maximum atomic E-state index is 2.54. The Morgan fingerprint density at radius 1 is 0.296 bits per heavy atom. The van der Waals surface area contributed by atoms with Crippen LogP contribution in [0.1, 0.15) is 175 Å². The average Bonchev–Trinajstić information content (AvgIpc) is 3.27. The van der Waals surface area contributed by atoms with Gasteiger partial charge in [0.2, 0.25) is 6.71 Å². The third-order valence-corrected chi connectivity index (χ3v) is 15.0. The van der Waals surface area contributed by atoms with Crippen LogP contribution in [0, 0.1) is 20.8 Å². The van der Waals surface area contributed by atoms with Crippen molar-refractivity contribution >= 4 is 40.2 Å². The first-order valence-electron chi connectivity index (χ1n) is 26.4. The second-order valence-corrected chi connectivity index (χ2v) is 27.1. The molecule has 0 spiro atoms. The molecular weight excluding hydrogens is 854 g/mol. The molecule has 7 aromatic rings. The Hall–Kier alpha value is -5.60. The monoisotopic (exact) mass is 940 g/mol. The van der Waals surface area contributed by atoms with E-state index in [2.05, 4.69) is 290 Å². The highest BCUT2D eigenvalue weighted by Gasteiger charge is 2.39. The van der Waals surface area contributed by atoms with Gasteiger partial charge < -0.3 is 4.90 Å². The molecule has 370 valence electrons. The predicted octanol–water partition coefficient (Wildman–Crippen LogP) is 17.7. The van der Waals surface area contributed by atoms with E-state index in [1.54, 1.807) is 0 Å². The van der Waals surface area contributed by atoms with Crippen molar-refractivity contribution in [2.24, 2.45) is 0 Å². The molecule has 0 unspecified atom stereocenters. The van der Waals surface area contributed by atoms with E-state index >= 15 is 0 Å². The van der Waals surface area contributed by atoms with E-state index < -0.39 is 0 Å². The van der Waals surface area contributed by atoms with Crippen LogP contribution in [0.15, 0.2) is 140 Å². The van der Waals surface area contributed by atoms with Crippen molar-refractivity contribution in [2.75, 3.05) is 4.90 Å². The van der Waals surface area contributed by atoms with Crippen LogP contribution in [-0.2, 0) is 32.5 Å². The number of anilines is 3. The zero-order valence-corrected chi connectivity index (χ0v) is 47.8. The Morgan fingerprint density at radius 2 is 0.676 bits per heavy atom.